The molecular formula is C19H17FN4O. The summed E-state index contributed by atoms with van der Waals surface area (Å²) in [6, 6.07) is 15.8. The molecular weight excluding hydrogens is 319 g/mol. The molecule has 5 nitrogen and oxygen atoms in total. The van der Waals surface area contributed by atoms with Gasteiger partial charge in [0.1, 0.15) is 12.1 Å². The molecule has 6 heteroatoms. The molecule has 0 aliphatic rings. The number of amides is 1. The average molecular weight is 336 g/mol. The molecule has 0 atom stereocenters. The van der Waals surface area contributed by atoms with Crippen LogP contribution in [0.2, 0.25) is 0 Å². The normalized spacial score (nSPS) is 11.4. The zero-order chi connectivity index (χ0) is 17.6. The molecule has 0 bridgehead atoms. The minimum atomic E-state index is -0.332. The summed E-state index contributed by atoms with van der Waals surface area (Å²) in [6.45, 7) is 2.00. The first-order valence-corrected chi connectivity index (χ1v) is 7.80. The van der Waals surface area contributed by atoms with Gasteiger partial charge in [-0.2, -0.15) is 0 Å². The maximum atomic E-state index is 13.3. The smallest absolute Gasteiger partial charge is 0.244 e. The van der Waals surface area contributed by atoms with E-state index in [0.29, 0.717) is 17.0 Å². The maximum Gasteiger partial charge on any atom is 0.244 e. The molecule has 1 amide bonds. The van der Waals surface area contributed by atoms with Gasteiger partial charge in [-0.05, 0) is 42.3 Å². The highest BCUT2D eigenvalue weighted by atomic mass is 19.1. The number of aromatic nitrogens is 3. The highest BCUT2D eigenvalue weighted by Gasteiger charge is 2.08. The summed E-state index contributed by atoms with van der Waals surface area (Å²) in [5.41, 5.74) is 2.27. The van der Waals surface area contributed by atoms with E-state index in [1.807, 2.05) is 34.9 Å². The van der Waals surface area contributed by atoms with E-state index in [4.69, 9.17) is 0 Å². The van der Waals surface area contributed by atoms with Crippen molar-refractivity contribution in [2.75, 3.05) is 0 Å². The number of para-hydroxylation sites is 1. The van der Waals surface area contributed by atoms with Crippen LogP contribution in [0.5, 0.6) is 0 Å². The predicted octanol–water partition coefficient (Wildman–Crippen LogP) is 3.13. The van der Waals surface area contributed by atoms with Crippen molar-refractivity contribution in [3.8, 4) is 5.69 Å². The SMILES string of the molecule is CC(=CC(=O)NCc1nncn1-c1ccccc1)c1cccc(F)c1. The Bertz CT molecular complexity index is 903. The van der Waals surface area contributed by atoms with Crippen LogP contribution in [-0.2, 0) is 11.3 Å². The van der Waals surface area contributed by atoms with Crippen molar-refractivity contribution in [2.24, 2.45) is 0 Å². The molecule has 126 valence electrons. The van der Waals surface area contributed by atoms with Gasteiger partial charge in [0.2, 0.25) is 5.91 Å². The molecule has 0 aliphatic heterocycles. The Morgan fingerprint density at radius 3 is 2.76 bits per heavy atom. The van der Waals surface area contributed by atoms with Gasteiger partial charge in [0.05, 0.1) is 6.54 Å². The predicted molar refractivity (Wildman–Crippen MR) is 93.3 cm³/mol. The van der Waals surface area contributed by atoms with E-state index < -0.39 is 0 Å². The Balaban J connectivity index is 1.67. The van der Waals surface area contributed by atoms with Crippen LogP contribution in [0.4, 0.5) is 4.39 Å². The number of nitrogens with zero attached hydrogens (tertiary/aromatic N) is 3. The second-order valence-electron chi connectivity index (χ2n) is 5.51. The molecule has 1 N–H and O–H groups in total. The summed E-state index contributed by atoms with van der Waals surface area (Å²) in [6.07, 6.45) is 3.04. The molecule has 2 aromatic carbocycles. The quantitative estimate of drug-likeness (QED) is 0.728. The number of nitrogens with one attached hydrogen (secondary N) is 1. The third-order valence-corrected chi connectivity index (χ3v) is 3.70. The lowest BCUT2D eigenvalue weighted by atomic mass is 10.1. The molecule has 0 aliphatic carbocycles. The number of carbonyl (C=O) groups is 1. The lowest BCUT2D eigenvalue weighted by Gasteiger charge is -2.07. The van der Waals surface area contributed by atoms with E-state index in [1.54, 1.807) is 25.4 Å². The van der Waals surface area contributed by atoms with Crippen LogP contribution >= 0.6 is 0 Å². The van der Waals surface area contributed by atoms with Crippen LogP contribution < -0.4 is 5.32 Å². The van der Waals surface area contributed by atoms with E-state index in [0.717, 1.165) is 5.69 Å². The van der Waals surface area contributed by atoms with Gasteiger partial charge >= 0.3 is 0 Å². The first kappa shape index (κ1) is 16.6. The van der Waals surface area contributed by atoms with E-state index in [2.05, 4.69) is 15.5 Å². The third kappa shape index (κ3) is 4.17. The van der Waals surface area contributed by atoms with Crippen molar-refractivity contribution < 1.29 is 9.18 Å². The fourth-order valence-corrected chi connectivity index (χ4v) is 2.41. The largest absolute Gasteiger partial charge is 0.345 e. The lowest BCUT2D eigenvalue weighted by Crippen LogP contribution is -2.22. The van der Waals surface area contributed by atoms with Crippen molar-refractivity contribution >= 4 is 11.5 Å². The second kappa shape index (κ2) is 7.53. The van der Waals surface area contributed by atoms with Crippen LogP contribution in [0.1, 0.15) is 18.3 Å². The molecule has 0 fully saturated rings. The molecule has 1 heterocycles. The number of allylic oxidation sites excluding steroid dienone is 1. The number of carbonyl (C=O) groups excluding carboxylic acids is 1. The van der Waals surface area contributed by atoms with E-state index in [9.17, 15) is 9.18 Å². The first-order valence-electron chi connectivity index (χ1n) is 7.80. The number of hydrogen-bond donors (Lipinski definition) is 1. The minimum Gasteiger partial charge on any atom is -0.345 e. The Morgan fingerprint density at radius 1 is 1.20 bits per heavy atom. The van der Waals surface area contributed by atoms with Gasteiger partial charge in [0.25, 0.3) is 0 Å². The fraction of sp³-hybridized carbons (Fsp3) is 0.105. The summed E-state index contributed by atoms with van der Waals surface area (Å²) >= 11 is 0. The van der Waals surface area contributed by atoms with Gasteiger partial charge in [-0.15, -0.1) is 10.2 Å². The minimum absolute atomic E-state index is 0.237. The lowest BCUT2D eigenvalue weighted by molar-refractivity contribution is -0.116. The monoisotopic (exact) mass is 336 g/mol. The number of rotatable bonds is 5. The van der Waals surface area contributed by atoms with Gasteiger partial charge < -0.3 is 5.32 Å². The van der Waals surface area contributed by atoms with E-state index in [-0.39, 0.29) is 18.3 Å². The molecule has 0 unspecified atom stereocenters. The molecule has 0 radical (unpaired) electrons. The Morgan fingerprint density at radius 2 is 2.00 bits per heavy atom. The van der Waals surface area contributed by atoms with Gasteiger partial charge in [0.15, 0.2) is 5.82 Å². The van der Waals surface area contributed by atoms with Crippen molar-refractivity contribution in [3.63, 3.8) is 0 Å². The first-order chi connectivity index (χ1) is 12.1. The van der Waals surface area contributed by atoms with Gasteiger partial charge in [-0.25, -0.2) is 4.39 Å². The van der Waals surface area contributed by atoms with Crippen molar-refractivity contribution in [1.29, 1.82) is 0 Å². The average Bonchev–Trinajstić information content (AvgIpc) is 3.09. The zero-order valence-electron chi connectivity index (χ0n) is 13.7. The summed E-state index contributed by atoms with van der Waals surface area (Å²) in [5, 5.41) is 10.7. The van der Waals surface area contributed by atoms with Crippen molar-refractivity contribution in [3.05, 3.63) is 84.2 Å². The highest BCUT2D eigenvalue weighted by Crippen LogP contribution is 2.14. The number of halogens is 1. The molecule has 3 aromatic rings. The van der Waals surface area contributed by atoms with Gasteiger partial charge in [-0.1, -0.05) is 30.3 Å². The summed E-state index contributed by atoms with van der Waals surface area (Å²) < 4.78 is 15.1. The van der Waals surface area contributed by atoms with Crippen LogP contribution in [0.25, 0.3) is 11.3 Å². The summed E-state index contributed by atoms with van der Waals surface area (Å²) in [5.74, 6) is 0.0161. The number of benzene rings is 2. The zero-order valence-corrected chi connectivity index (χ0v) is 13.7. The third-order valence-electron chi connectivity index (χ3n) is 3.70. The van der Waals surface area contributed by atoms with Crippen LogP contribution in [-0.4, -0.2) is 20.7 Å². The molecule has 0 saturated heterocycles. The topological polar surface area (TPSA) is 59.8 Å². The standard InChI is InChI=1S/C19H17FN4O/c1-14(15-6-5-7-16(20)11-15)10-19(25)21-12-18-23-22-13-24(18)17-8-3-2-4-9-17/h2-11,13H,12H2,1H3,(H,21,25). The Labute approximate surface area is 144 Å². The maximum absolute atomic E-state index is 13.3. The van der Waals surface area contributed by atoms with E-state index >= 15 is 0 Å². The molecule has 0 spiro atoms. The van der Waals surface area contributed by atoms with Crippen LogP contribution in [0.3, 0.4) is 0 Å². The number of hydrogen-bond acceptors (Lipinski definition) is 3. The second-order valence-corrected chi connectivity index (χ2v) is 5.51. The summed E-state index contributed by atoms with van der Waals surface area (Å²) in [4.78, 5) is 12.1. The molecule has 0 saturated carbocycles. The Kier molecular flexibility index (Phi) is 4.99. The van der Waals surface area contributed by atoms with Crippen molar-refractivity contribution in [2.45, 2.75) is 13.5 Å². The van der Waals surface area contributed by atoms with Crippen molar-refractivity contribution in [1.82, 2.24) is 20.1 Å². The fourth-order valence-electron chi connectivity index (χ4n) is 2.41. The highest BCUT2D eigenvalue weighted by molar-refractivity contribution is 5.94. The van der Waals surface area contributed by atoms with Gasteiger partial charge in [0, 0.05) is 11.8 Å². The summed E-state index contributed by atoms with van der Waals surface area (Å²) in [7, 11) is 0. The van der Waals surface area contributed by atoms with Crippen LogP contribution in [0, 0.1) is 5.82 Å². The molecule has 3 rings (SSSR count). The van der Waals surface area contributed by atoms with Crippen LogP contribution in [0.15, 0.2) is 67.0 Å². The van der Waals surface area contributed by atoms with Gasteiger partial charge in [-0.3, -0.25) is 9.36 Å². The molecule has 1 aromatic heterocycles. The van der Waals surface area contributed by atoms with E-state index in [1.165, 1.54) is 18.2 Å². The Hall–Kier alpha value is -3.28. The molecule has 25 heavy (non-hydrogen) atoms.